The summed E-state index contributed by atoms with van der Waals surface area (Å²) in [7, 11) is 3.65. The van der Waals surface area contributed by atoms with E-state index in [9.17, 15) is 4.79 Å². The molecule has 0 radical (unpaired) electrons. The van der Waals surface area contributed by atoms with Crippen LogP contribution < -0.4 is 10.1 Å². The smallest absolute Gasteiger partial charge is 0.263 e. The molecule has 17 heavy (non-hydrogen) atoms. The number of ether oxygens (including phenoxy) is 1. The number of amides is 1. The summed E-state index contributed by atoms with van der Waals surface area (Å²) in [5.41, 5.74) is 0. The van der Waals surface area contributed by atoms with E-state index in [1.54, 1.807) is 18.9 Å². The Balaban J connectivity index is 2.47. The first kappa shape index (κ1) is 13.5. The Morgan fingerprint density at radius 1 is 1.41 bits per heavy atom. The molecule has 0 heterocycles. The lowest BCUT2D eigenvalue weighted by molar-refractivity contribution is -0.136. The Morgan fingerprint density at radius 2 is 2.06 bits per heavy atom. The van der Waals surface area contributed by atoms with Gasteiger partial charge in [0.2, 0.25) is 0 Å². The summed E-state index contributed by atoms with van der Waals surface area (Å²) in [5, 5.41) is 3.01. The topological polar surface area (TPSA) is 41.6 Å². The van der Waals surface area contributed by atoms with Crippen molar-refractivity contribution >= 4 is 5.91 Å². The quantitative estimate of drug-likeness (QED) is 0.805. The van der Waals surface area contributed by atoms with Crippen molar-refractivity contribution in [1.29, 1.82) is 0 Å². The first-order valence-electron chi connectivity index (χ1n) is 5.76. The zero-order valence-corrected chi connectivity index (χ0v) is 10.6. The van der Waals surface area contributed by atoms with Gasteiger partial charge in [-0.25, -0.2) is 0 Å². The summed E-state index contributed by atoms with van der Waals surface area (Å²) in [6.07, 6.45) is -0.459. The van der Waals surface area contributed by atoms with Crippen molar-refractivity contribution in [3.05, 3.63) is 30.3 Å². The molecular formula is C13H20N2O2. The van der Waals surface area contributed by atoms with Crippen LogP contribution in [0.15, 0.2) is 30.3 Å². The number of rotatable bonds is 6. The second-order valence-electron chi connectivity index (χ2n) is 3.94. The van der Waals surface area contributed by atoms with Crippen molar-refractivity contribution in [2.24, 2.45) is 0 Å². The largest absolute Gasteiger partial charge is 0.481 e. The van der Waals surface area contributed by atoms with Gasteiger partial charge in [-0.05, 0) is 26.1 Å². The SMILES string of the molecule is CNCCN(C)C(=O)C(C)Oc1ccccc1. The van der Waals surface area contributed by atoms with Gasteiger partial charge in [0.1, 0.15) is 5.75 Å². The molecular weight excluding hydrogens is 216 g/mol. The van der Waals surface area contributed by atoms with E-state index in [4.69, 9.17) is 4.74 Å². The van der Waals surface area contributed by atoms with E-state index in [2.05, 4.69) is 5.32 Å². The molecule has 0 fully saturated rings. The summed E-state index contributed by atoms with van der Waals surface area (Å²) in [6, 6.07) is 9.38. The van der Waals surface area contributed by atoms with Crippen LogP contribution in [0.4, 0.5) is 0 Å². The van der Waals surface area contributed by atoms with Gasteiger partial charge in [0.05, 0.1) is 0 Å². The third-order valence-electron chi connectivity index (χ3n) is 2.48. The average Bonchev–Trinajstić information content (AvgIpc) is 2.36. The van der Waals surface area contributed by atoms with Crippen molar-refractivity contribution < 1.29 is 9.53 Å². The van der Waals surface area contributed by atoms with E-state index in [1.165, 1.54) is 0 Å². The van der Waals surface area contributed by atoms with Crippen LogP contribution in [0, 0.1) is 0 Å². The number of likely N-dealkylation sites (N-methyl/N-ethyl adjacent to an activating group) is 2. The highest BCUT2D eigenvalue weighted by atomic mass is 16.5. The van der Waals surface area contributed by atoms with Gasteiger partial charge in [-0.2, -0.15) is 0 Å². The van der Waals surface area contributed by atoms with Crippen molar-refractivity contribution in [2.45, 2.75) is 13.0 Å². The van der Waals surface area contributed by atoms with Crippen molar-refractivity contribution in [3.63, 3.8) is 0 Å². The number of carbonyl (C=O) groups is 1. The zero-order chi connectivity index (χ0) is 12.7. The second kappa shape index (κ2) is 6.91. The minimum atomic E-state index is -0.459. The zero-order valence-electron chi connectivity index (χ0n) is 10.6. The molecule has 0 bridgehead atoms. The van der Waals surface area contributed by atoms with Crippen LogP contribution in [0.3, 0.4) is 0 Å². The standard InChI is InChI=1S/C13H20N2O2/c1-11(13(16)15(3)10-9-14-2)17-12-7-5-4-6-8-12/h4-8,11,14H,9-10H2,1-3H3. The molecule has 0 aromatic heterocycles. The molecule has 0 spiro atoms. The van der Waals surface area contributed by atoms with Crippen LogP contribution in [0.1, 0.15) is 6.92 Å². The number of para-hydroxylation sites is 1. The maximum atomic E-state index is 11.9. The first-order valence-corrected chi connectivity index (χ1v) is 5.76. The molecule has 1 amide bonds. The fourth-order valence-electron chi connectivity index (χ4n) is 1.45. The molecule has 1 atom stereocenters. The fraction of sp³-hybridized carbons (Fsp3) is 0.462. The molecule has 4 nitrogen and oxygen atoms in total. The van der Waals surface area contributed by atoms with Crippen LogP contribution >= 0.6 is 0 Å². The van der Waals surface area contributed by atoms with E-state index in [0.29, 0.717) is 6.54 Å². The molecule has 4 heteroatoms. The lowest BCUT2D eigenvalue weighted by Crippen LogP contribution is -2.40. The van der Waals surface area contributed by atoms with Gasteiger partial charge in [-0.15, -0.1) is 0 Å². The number of benzene rings is 1. The van der Waals surface area contributed by atoms with E-state index >= 15 is 0 Å². The lowest BCUT2D eigenvalue weighted by atomic mass is 10.3. The van der Waals surface area contributed by atoms with E-state index in [-0.39, 0.29) is 5.91 Å². The monoisotopic (exact) mass is 236 g/mol. The maximum absolute atomic E-state index is 11.9. The molecule has 1 rings (SSSR count). The van der Waals surface area contributed by atoms with Crippen molar-refractivity contribution in [2.75, 3.05) is 27.2 Å². The van der Waals surface area contributed by atoms with Gasteiger partial charge in [-0.3, -0.25) is 4.79 Å². The highest BCUT2D eigenvalue weighted by Gasteiger charge is 2.18. The maximum Gasteiger partial charge on any atom is 0.263 e. The van der Waals surface area contributed by atoms with Gasteiger partial charge in [-0.1, -0.05) is 18.2 Å². The van der Waals surface area contributed by atoms with Crippen LogP contribution in [0.5, 0.6) is 5.75 Å². The predicted octanol–water partition coefficient (Wildman–Crippen LogP) is 1.13. The van der Waals surface area contributed by atoms with E-state index in [1.807, 2.05) is 37.4 Å². The van der Waals surface area contributed by atoms with Crippen molar-refractivity contribution in [3.8, 4) is 5.75 Å². The molecule has 94 valence electrons. The summed E-state index contributed by atoms with van der Waals surface area (Å²) in [5.74, 6) is 0.708. The Kier molecular flexibility index (Phi) is 5.49. The number of nitrogens with zero attached hydrogens (tertiary/aromatic N) is 1. The normalized spacial score (nSPS) is 11.9. The highest BCUT2D eigenvalue weighted by Crippen LogP contribution is 2.11. The number of nitrogens with one attached hydrogen (secondary N) is 1. The van der Waals surface area contributed by atoms with Gasteiger partial charge in [0.25, 0.3) is 5.91 Å². The lowest BCUT2D eigenvalue weighted by Gasteiger charge is -2.22. The van der Waals surface area contributed by atoms with Gasteiger partial charge < -0.3 is 15.0 Å². The molecule has 1 N–H and O–H groups in total. The number of carbonyl (C=O) groups excluding carboxylic acids is 1. The number of hydrogen-bond donors (Lipinski definition) is 1. The predicted molar refractivity (Wildman–Crippen MR) is 68.1 cm³/mol. The van der Waals surface area contributed by atoms with Crippen molar-refractivity contribution in [1.82, 2.24) is 10.2 Å². The Hall–Kier alpha value is -1.55. The van der Waals surface area contributed by atoms with E-state index in [0.717, 1.165) is 12.3 Å². The van der Waals surface area contributed by atoms with Crippen LogP contribution in [0.2, 0.25) is 0 Å². The highest BCUT2D eigenvalue weighted by molar-refractivity contribution is 5.80. The molecule has 0 aliphatic heterocycles. The Morgan fingerprint density at radius 3 is 2.65 bits per heavy atom. The molecule has 0 saturated heterocycles. The van der Waals surface area contributed by atoms with E-state index < -0.39 is 6.10 Å². The van der Waals surface area contributed by atoms with Crippen LogP contribution in [-0.4, -0.2) is 44.1 Å². The minimum Gasteiger partial charge on any atom is -0.481 e. The molecule has 1 unspecified atom stereocenters. The average molecular weight is 236 g/mol. The Labute approximate surface area is 103 Å². The van der Waals surface area contributed by atoms with Gasteiger partial charge in [0, 0.05) is 20.1 Å². The van der Waals surface area contributed by atoms with Crippen LogP contribution in [0.25, 0.3) is 0 Å². The minimum absolute atomic E-state index is 0.0101. The fourth-order valence-corrected chi connectivity index (χ4v) is 1.45. The molecule has 1 aromatic carbocycles. The van der Waals surface area contributed by atoms with Gasteiger partial charge in [0.15, 0.2) is 6.10 Å². The third kappa shape index (κ3) is 4.44. The molecule has 0 saturated carbocycles. The van der Waals surface area contributed by atoms with Crippen LogP contribution in [-0.2, 0) is 4.79 Å². The third-order valence-corrected chi connectivity index (χ3v) is 2.48. The number of hydrogen-bond acceptors (Lipinski definition) is 3. The first-order chi connectivity index (χ1) is 8.15. The molecule has 0 aliphatic carbocycles. The van der Waals surface area contributed by atoms with Gasteiger partial charge >= 0.3 is 0 Å². The summed E-state index contributed by atoms with van der Waals surface area (Å²) < 4.78 is 5.57. The summed E-state index contributed by atoms with van der Waals surface area (Å²) in [4.78, 5) is 13.6. The molecule has 1 aromatic rings. The second-order valence-corrected chi connectivity index (χ2v) is 3.94. The summed E-state index contributed by atoms with van der Waals surface area (Å²) >= 11 is 0. The molecule has 0 aliphatic rings. The Bertz CT molecular complexity index is 341. The summed E-state index contributed by atoms with van der Waals surface area (Å²) in [6.45, 7) is 3.23.